The maximum atomic E-state index is 15.0. The van der Waals surface area contributed by atoms with Crippen LogP contribution in [0.2, 0.25) is 0 Å². The van der Waals surface area contributed by atoms with Crippen molar-refractivity contribution >= 4 is 35.1 Å². The molecule has 2 heterocycles. The lowest BCUT2D eigenvalue weighted by Crippen LogP contribution is -2.45. The maximum Gasteiger partial charge on any atom is 0.414 e. The number of anilines is 2. The molecule has 2 aliphatic heterocycles. The summed E-state index contributed by atoms with van der Waals surface area (Å²) in [7, 11) is 0. The van der Waals surface area contributed by atoms with Crippen LogP contribution in [-0.4, -0.2) is 74.2 Å². The zero-order chi connectivity index (χ0) is 24.1. The number of benzene rings is 1. The average Bonchev–Trinajstić information content (AvgIpc) is 2.95. The molecular weight excluding hydrogens is 442 g/mol. The second-order valence-corrected chi connectivity index (χ2v) is 7.84. The van der Waals surface area contributed by atoms with Crippen LogP contribution in [0.15, 0.2) is 12.1 Å². The summed E-state index contributed by atoms with van der Waals surface area (Å²) in [4.78, 5) is 48.9. The minimum atomic E-state index is -0.857. The molecule has 0 radical (unpaired) electrons. The molecule has 180 valence electrons. The predicted molar refractivity (Wildman–Crippen MR) is 112 cm³/mol. The molecule has 2 fully saturated rings. The van der Waals surface area contributed by atoms with Gasteiger partial charge in [-0.1, -0.05) is 0 Å². The van der Waals surface area contributed by atoms with E-state index in [-0.39, 0.29) is 56.3 Å². The number of ketones is 1. The third kappa shape index (κ3) is 6.15. The lowest BCUT2D eigenvalue weighted by molar-refractivity contribution is -0.151. The van der Waals surface area contributed by atoms with E-state index in [0.29, 0.717) is 6.42 Å². The molecule has 2 aliphatic rings. The number of Topliss-reactive ketones (excluding diaryl/α,β-unsaturated/α-hetero) is 1. The minimum Gasteiger partial charge on any atom is -0.456 e. The number of ether oxygens (including phenoxy) is 2. The number of amides is 2. The van der Waals surface area contributed by atoms with Gasteiger partial charge in [-0.2, -0.15) is 0 Å². The molecule has 12 heteroatoms. The summed E-state index contributed by atoms with van der Waals surface area (Å²) in [5, 5.41) is 1.24. The SMILES string of the molecule is CC(=O)CC[C@H]1CN(c2cc(F)c(N3CCNN(C(=O)COC(C)=O)CC3)c(F)c2)C(=O)O1. The standard InChI is InChI=1S/C21H26F2N4O6/c1-13(28)3-4-16-11-26(21(31)33-16)15-9-17(22)20(18(23)10-15)25-6-5-24-27(8-7-25)19(30)12-32-14(2)29/h9-10,16,24H,3-8,11-12H2,1-2H3/t16-/m0/s1. The van der Waals surface area contributed by atoms with Crippen LogP contribution in [0.1, 0.15) is 26.7 Å². The Balaban J connectivity index is 1.68. The monoisotopic (exact) mass is 468 g/mol. The number of hydrazine groups is 1. The van der Waals surface area contributed by atoms with E-state index in [1.54, 1.807) is 0 Å². The molecule has 0 bridgehead atoms. The summed E-state index contributed by atoms with van der Waals surface area (Å²) in [5.74, 6) is -2.81. The van der Waals surface area contributed by atoms with Crippen molar-refractivity contribution < 1.29 is 37.4 Å². The molecule has 1 atom stereocenters. The Kier molecular flexibility index (Phi) is 7.79. The summed E-state index contributed by atoms with van der Waals surface area (Å²) in [6.07, 6.45) is -0.666. The third-order valence-corrected chi connectivity index (χ3v) is 5.30. The van der Waals surface area contributed by atoms with Gasteiger partial charge in [-0.15, -0.1) is 0 Å². The van der Waals surface area contributed by atoms with Crippen molar-refractivity contribution in [2.75, 3.05) is 49.1 Å². The molecule has 0 spiro atoms. The number of hydrogen-bond acceptors (Lipinski definition) is 8. The van der Waals surface area contributed by atoms with E-state index in [0.717, 1.165) is 17.0 Å². The van der Waals surface area contributed by atoms with Crippen LogP contribution < -0.4 is 15.2 Å². The Morgan fingerprint density at radius 2 is 1.85 bits per heavy atom. The molecule has 0 unspecified atom stereocenters. The van der Waals surface area contributed by atoms with Crippen LogP contribution in [0.25, 0.3) is 0 Å². The van der Waals surface area contributed by atoms with Gasteiger partial charge in [0.2, 0.25) is 0 Å². The highest BCUT2D eigenvalue weighted by Gasteiger charge is 2.34. The molecule has 33 heavy (non-hydrogen) atoms. The maximum absolute atomic E-state index is 15.0. The van der Waals surface area contributed by atoms with Crippen LogP contribution in [0, 0.1) is 11.6 Å². The van der Waals surface area contributed by atoms with Gasteiger partial charge in [-0.25, -0.2) is 19.0 Å². The number of nitrogens with one attached hydrogen (secondary N) is 1. The molecular formula is C21H26F2N4O6. The van der Waals surface area contributed by atoms with Crippen LogP contribution in [0.5, 0.6) is 0 Å². The first kappa shape index (κ1) is 24.4. The first-order chi connectivity index (χ1) is 15.7. The fourth-order valence-electron chi connectivity index (χ4n) is 3.67. The average molecular weight is 468 g/mol. The number of hydrogen-bond donors (Lipinski definition) is 1. The number of cyclic esters (lactones) is 1. The molecule has 3 rings (SSSR count). The van der Waals surface area contributed by atoms with Gasteiger partial charge in [0.1, 0.15) is 17.6 Å². The second kappa shape index (κ2) is 10.6. The molecule has 1 N–H and O–H groups in total. The van der Waals surface area contributed by atoms with Crippen molar-refractivity contribution in [3.63, 3.8) is 0 Å². The number of halogens is 2. The number of carbonyl (C=O) groups excluding carboxylic acids is 4. The summed E-state index contributed by atoms with van der Waals surface area (Å²) in [6.45, 7) is 2.96. The number of esters is 1. The summed E-state index contributed by atoms with van der Waals surface area (Å²) < 4.78 is 39.8. The normalized spacial score (nSPS) is 18.7. The van der Waals surface area contributed by atoms with Crippen molar-refractivity contribution in [1.82, 2.24) is 10.4 Å². The molecule has 0 aromatic heterocycles. The molecule has 0 saturated carbocycles. The quantitative estimate of drug-likeness (QED) is 0.598. The highest BCUT2D eigenvalue weighted by molar-refractivity contribution is 5.90. The number of rotatable bonds is 7. The summed E-state index contributed by atoms with van der Waals surface area (Å²) in [6, 6.07) is 2.13. The van der Waals surface area contributed by atoms with Crippen molar-refractivity contribution in [2.24, 2.45) is 0 Å². The number of carbonyl (C=O) groups is 4. The molecule has 0 aliphatic carbocycles. The van der Waals surface area contributed by atoms with Gasteiger partial charge in [0.25, 0.3) is 5.91 Å². The van der Waals surface area contributed by atoms with E-state index in [1.807, 2.05) is 0 Å². The van der Waals surface area contributed by atoms with Gasteiger partial charge < -0.3 is 19.2 Å². The van der Waals surface area contributed by atoms with E-state index in [9.17, 15) is 28.0 Å². The van der Waals surface area contributed by atoms with Crippen molar-refractivity contribution in [2.45, 2.75) is 32.8 Å². The minimum absolute atomic E-state index is 0.0233. The van der Waals surface area contributed by atoms with Gasteiger partial charge in [-0.05, 0) is 13.3 Å². The first-order valence-corrected chi connectivity index (χ1v) is 10.5. The van der Waals surface area contributed by atoms with E-state index < -0.39 is 42.3 Å². The molecule has 10 nitrogen and oxygen atoms in total. The lowest BCUT2D eigenvalue weighted by atomic mass is 10.1. The summed E-state index contributed by atoms with van der Waals surface area (Å²) in [5.41, 5.74) is 2.60. The Hall–Kier alpha value is -3.28. The van der Waals surface area contributed by atoms with Crippen molar-refractivity contribution in [1.29, 1.82) is 0 Å². The van der Waals surface area contributed by atoms with Gasteiger partial charge in [0.15, 0.2) is 18.2 Å². The Morgan fingerprint density at radius 1 is 1.15 bits per heavy atom. The van der Waals surface area contributed by atoms with Crippen LogP contribution in [0.3, 0.4) is 0 Å². The largest absolute Gasteiger partial charge is 0.456 e. The van der Waals surface area contributed by atoms with Crippen LogP contribution >= 0.6 is 0 Å². The van der Waals surface area contributed by atoms with Crippen LogP contribution in [-0.2, 0) is 23.9 Å². The van der Waals surface area contributed by atoms with E-state index >= 15 is 0 Å². The molecule has 1 aromatic carbocycles. The van der Waals surface area contributed by atoms with Crippen LogP contribution in [0.4, 0.5) is 25.0 Å². The molecule has 2 amide bonds. The fourth-order valence-corrected chi connectivity index (χ4v) is 3.67. The highest BCUT2D eigenvalue weighted by atomic mass is 19.1. The number of nitrogens with zero attached hydrogens (tertiary/aromatic N) is 3. The van der Waals surface area contributed by atoms with Gasteiger partial charge in [0.05, 0.1) is 18.8 Å². The Bertz CT molecular complexity index is 920. The zero-order valence-corrected chi connectivity index (χ0v) is 18.4. The third-order valence-electron chi connectivity index (χ3n) is 5.30. The van der Waals surface area contributed by atoms with Gasteiger partial charge in [-0.3, -0.25) is 19.5 Å². The fraction of sp³-hybridized carbons (Fsp3) is 0.524. The zero-order valence-electron chi connectivity index (χ0n) is 18.4. The van der Waals surface area contributed by atoms with Crippen molar-refractivity contribution in [3.8, 4) is 0 Å². The smallest absolute Gasteiger partial charge is 0.414 e. The van der Waals surface area contributed by atoms with E-state index in [4.69, 9.17) is 4.74 Å². The Morgan fingerprint density at radius 3 is 2.48 bits per heavy atom. The van der Waals surface area contributed by atoms with Crippen molar-refractivity contribution in [3.05, 3.63) is 23.8 Å². The van der Waals surface area contributed by atoms with E-state index in [1.165, 1.54) is 23.8 Å². The molecule has 2 saturated heterocycles. The lowest BCUT2D eigenvalue weighted by Gasteiger charge is -2.25. The first-order valence-electron chi connectivity index (χ1n) is 10.5. The van der Waals surface area contributed by atoms with E-state index in [2.05, 4.69) is 10.2 Å². The Labute approximate surface area is 189 Å². The second-order valence-electron chi connectivity index (χ2n) is 7.84. The predicted octanol–water partition coefficient (Wildman–Crippen LogP) is 1.38. The molecule has 1 aromatic rings. The summed E-state index contributed by atoms with van der Waals surface area (Å²) >= 11 is 0. The highest BCUT2D eigenvalue weighted by Crippen LogP contribution is 2.31. The van der Waals surface area contributed by atoms with Gasteiger partial charge in [0, 0.05) is 45.1 Å². The van der Waals surface area contributed by atoms with Gasteiger partial charge >= 0.3 is 12.1 Å². The topological polar surface area (TPSA) is 108 Å².